The minimum atomic E-state index is -4.03. The highest BCUT2D eigenvalue weighted by atomic mass is 35.5. The predicted molar refractivity (Wildman–Crippen MR) is 188 cm³/mol. The molecule has 3 fully saturated rings. The molecule has 10 nitrogen and oxygen atoms in total. The number of piperazine rings is 1. The van der Waals surface area contributed by atoms with Crippen LogP contribution in [0.1, 0.15) is 55.0 Å². The number of halogens is 4. The van der Waals surface area contributed by atoms with Gasteiger partial charge in [0.05, 0.1) is 30.3 Å². The molecule has 48 heavy (non-hydrogen) atoms. The minimum Gasteiger partial charge on any atom is -0.493 e. The Labute approximate surface area is 301 Å². The molecule has 3 aliphatic rings. The Balaban J connectivity index is 0.00000451. The second kappa shape index (κ2) is 15.1. The van der Waals surface area contributed by atoms with Gasteiger partial charge in [-0.05, 0) is 61.2 Å². The number of amides is 2. The minimum absolute atomic E-state index is 0. The van der Waals surface area contributed by atoms with Crippen LogP contribution in [0.15, 0.2) is 65.6 Å². The highest BCUT2D eigenvalue weighted by Gasteiger charge is 2.55. The third-order valence-corrected chi connectivity index (χ3v) is 11.7. The van der Waals surface area contributed by atoms with Gasteiger partial charge in [0.15, 0.2) is 5.66 Å². The topological polar surface area (TPSA) is 120 Å². The van der Waals surface area contributed by atoms with Crippen LogP contribution in [0.25, 0.3) is 0 Å². The summed E-state index contributed by atoms with van der Waals surface area (Å²) in [6.07, 6.45) is 2.44. The number of carbonyl (C=O) groups excluding carboxylic acids is 2. The van der Waals surface area contributed by atoms with Gasteiger partial charge >= 0.3 is 0 Å². The van der Waals surface area contributed by atoms with Crippen molar-refractivity contribution in [1.29, 1.82) is 0 Å². The van der Waals surface area contributed by atoms with Crippen molar-refractivity contribution in [3.8, 4) is 5.75 Å². The number of nitrogens with zero attached hydrogens (tertiary/aromatic N) is 2. The third kappa shape index (κ3) is 7.15. The Hall–Kier alpha value is -2.61. The first-order valence-corrected chi connectivity index (χ1v) is 18.2. The van der Waals surface area contributed by atoms with E-state index in [1.165, 1.54) is 21.3 Å². The summed E-state index contributed by atoms with van der Waals surface area (Å²) in [4.78, 5) is 28.9. The maximum atomic E-state index is 15.0. The van der Waals surface area contributed by atoms with E-state index in [4.69, 9.17) is 39.5 Å². The smallest absolute Gasteiger partial charge is 0.263 e. The second-order valence-electron chi connectivity index (χ2n) is 11.9. The summed E-state index contributed by atoms with van der Waals surface area (Å²) in [6.45, 7) is 3.13. The molecule has 15 heteroatoms. The van der Waals surface area contributed by atoms with Crippen LogP contribution in [-0.2, 0) is 25.3 Å². The van der Waals surface area contributed by atoms with Gasteiger partial charge in [-0.1, -0.05) is 65.5 Å². The van der Waals surface area contributed by atoms with Gasteiger partial charge in [-0.15, -0.1) is 12.4 Å². The number of ether oxygens (including phenoxy) is 1. The number of nitrogens with one attached hydrogen (secondary N) is 3. The van der Waals surface area contributed by atoms with Crippen LogP contribution in [-0.4, -0.2) is 68.8 Å². The lowest BCUT2D eigenvalue weighted by Crippen LogP contribution is -2.62. The van der Waals surface area contributed by atoms with E-state index in [0.29, 0.717) is 23.1 Å². The van der Waals surface area contributed by atoms with Gasteiger partial charge < -0.3 is 15.0 Å². The first-order chi connectivity index (χ1) is 22.5. The van der Waals surface area contributed by atoms with E-state index in [1.54, 1.807) is 31.2 Å². The van der Waals surface area contributed by atoms with Crippen molar-refractivity contribution in [3.05, 3.63) is 92.4 Å². The van der Waals surface area contributed by atoms with Crippen molar-refractivity contribution < 1.29 is 22.7 Å². The van der Waals surface area contributed by atoms with Gasteiger partial charge in [0.1, 0.15) is 10.6 Å². The van der Waals surface area contributed by atoms with Crippen LogP contribution in [0, 0.1) is 0 Å². The number of sulfonamides is 1. The van der Waals surface area contributed by atoms with E-state index in [9.17, 15) is 18.0 Å². The molecule has 258 valence electrons. The third-order valence-electron chi connectivity index (χ3n) is 8.85. The molecule has 3 heterocycles. The molecule has 0 saturated carbocycles. The molecule has 3 aromatic rings. The lowest BCUT2D eigenvalue weighted by molar-refractivity contribution is -0.144. The van der Waals surface area contributed by atoms with Crippen molar-refractivity contribution in [2.75, 3.05) is 39.3 Å². The summed E-state index contributed by atoms with van der Waals surface area (Å²) < 4.78 is 35.7. The molecule has 0 bridgehead atoms. The molecule has 3 N–H and O–H groups in total. The molecule has 0 radical (unpaired) electrons. The average Bonchev–Trinajstić information content (AvgIpc) is 3.47. The van der Waals surface area contributed by atoms with E-state index in [0.717, 1.165) is 30.4 Å². The largest absolute Gasteiger partial charge is 0.493 e. The fourth-order valence-electron chi connectivity index (χ4n) is 6.56. The molecule has 0 aromatic heterocycles. The Morgan fingerprint density at radius 2 is 1.46 bits per heavy atom. The first kappa shape index (κ1) is 36.7. The molecule has 0 aliphatic carbocycles. The summed E-state index contributed by atoms with van der Waals surface area (Å²) in [5, 5.41) is 11.0. The number of hydrogen-bond acceptors (Lipinski definition) is 7. The Morgan fingerprint density at radius 3 is 1.98 bits per heavy atom. The monoisotopic (exact) mass is 755 g/mol. The molecule has 2 amide bonds. The van der Waals surface area contributed by atoms with E-state index in [-0.39, 0.29) is 65.8 Å². The first-order valence-electron chi connectivity index (χ1n) is 15.6. The Kier molecular flexibility index (Phi) is 11.5. The molecular weight excluding hydrogens is 720 g/mol. The van der Waals surface area contributed by atoms with Crippen LogP contribution in [0.5, 0.6) is 5.75 Å². The summed E-state index contributed by atoms with van der Waals surface area (Å²) in [7, 11) is -4.03. The van der Waals surface area contributed by atoms with Crippen molar-refractivity contribution in [2.24, 2.45) is 0 Å². The molecule has 1 unspecified atom stereocenters. The van der Waals surface area contributed by atoms with E-state index in [1.807, 2.05) is 24.3 Å². The average molecular weight is 758 g/mol. The van der Waals surface area contributed by atoms with Crippen LogP contribution in [0.2, 0.25) is 15.1 Å². The molecule has 3 atom stereocenters. The maximum Gasteiger partial charge on any atom is 0.263 e. The van der Waals surface area contributed by atoms with Crippen molar-refractivity contribution in [2.45, 2.75) is 48.8 Å². The molecule has 3 saturated heterocycles. The predicted octanol–water partition coefficient (Wildman–Crippen LogP) is 5.43. The normalized spacial score (nSPS) is 23.3. The highest BCUT2D eigenvalue weighted by molar-refractivity contribution is 7.89. The number of rotatable bonds is 8. The highest BCUT2D eigenvalue weighted by Crippen LogP contribution is 2.46. The summed E-state index contributed by atoms with van der Waals surface area (Å²) in [6, 6.07) is 16.4. The SMILES string of the molecule is CCOc1cc(Cl)c(S(=O)(=O)N2CCCCC2)cc1C1(C(=O)N2CCNC(=O)C2)N[C@H](c2ccc(Cl)cc2)[C@H](c2ccc(Cl)cc2)N1.Cl. The quantitative estimate of drug-likeness (QED) is 0.281. The Morgan fingerprint density at radius 1 is 0.896 bits per heavy atom. The standard InChI is InChI=1S/C33H36Cl3N5O5S.ClH/c1-2-46-27-19-26(36)28(47(44,45)41-15-4-3-5-16-41)18-25(27)33(32(43)40-17-14-37-29(42)20-40)38-30(21-6-10-23(34)11-7-21)31(39-33)22-8-12-24(35)13-9-22;/h6-13,18-19,30-31,38-39H,2-5,14-17,20H2,1H3,(H,37,42);1H/t30-,31+,33?;. The van der Waals surface area contributed by atoms with Crippen molar-refractivity contribution in [3.63, 3.8) is 0 Å². The van der Waals surface area contributed by atoms with Gasteiger partial charge in [-0.25, -0.2) is 8.42 Å². The zero-order valence-electron chi connectivity index (χ0n) is 26.2. The van der Waals surface area contributed by atoms with Gasteiger partial charge in [-0.2, -0.15) is 4.31 Å². The van der Waals surface area contributed by atoms with Crippen LogP contribution in [0.4, 0.5) is 0 Å². The summed E-state index contributed by atoms with van der Waals surface area (Å²) >= 11 is 19.2. The van der Waals surface area contributed by atoms with Gasteiger partial charge in [0.2, 0.25) is 15.9 Å². The lowest BCUT2D eigenvalue weighted by Gasteiger charge is -2.38. The van der Waals surface area contributed by atoms with E-state index >= 15 is 0 Å². The van der Waals surface area contributed by atoms with Crippen LogP contribution in [0.3, 0.4) is 0 Å². The number of piperidine rings is 1. The number of benzene rings is 3. The van der Waals surface area contributed by atoms with Crippen LogP contribution >= 0.6 is 47.2 Å². The zero-order chi connectivity index (χ0) is 33.3. The van der Waals surface area contributed by atoms with E-state index < -0.39 is 33.7 Å². The fourth-order valence-corrected chi connectivity index (χ4v) is 8.84. The molecule has 6 rings (SSSR count). The van der Waals surface area contributed by atoms with Crippen LogP contribution < -0.4 is 20.7 Å². The van der Waals surface area contributed by atoms with Crippen molar-refractivity contribution in [1.82, 2.24) is 25.2 Å². The second-order valence-corrected chi connectivity index (χ2v) is 15.0. The molecule has 3 aliphatic heterocycles. The lowest BCUT2D eigenvalue weighted by atomic mass is 9.95. The molecular formula is C33H37Cl4N5O5S. The molecule has 3 aromatic carbocycles. The van der Waals surface area contributed by atoms with Crippen molar-refractivity contribution >= 4 is 69.0 Å². The Bertz CT molecular complexity index is 1700. The fraction of sp³-hybridized carbons (Fsp3) is 0.394. The number of carbonyl (C=O) groups is 2. The van der Waals surface area contributed by atoms with Gasteiger partial charge in [-0.3, -0.25) is 20.2 Å². The maximum absolute atomic E-state index is 15.0. The van der Waals surface area contributed by atoms with Gasteiger partial charge in [0.25, 0.3) is 5.91 Å². The van der Waals surface area contributed by atoms with E-state index in [2.05, 4.69) is 16.0 Å². The van der Waals surface area contributed by atoms with Gasteiger partial charge in [0, 0.05) is 47.9 Å². The molecule has 0 spiro atoms. The summed E-state index contributed by atoms with van der Waals surface area (Å²) in [5.74, 6) is -0.528. The summed E-state index contributed by atoms with van der Waals surface area (Å²) in [5.41, 5.74) is 0.126. The zero-order valence-corrected chi connectivity index (χ0v) is 30.1. The number of hydrogen-bond donors (Lipinski definition) is 3.